The van der Waals surface area contributed by atoms with E-state index in [0.717, 1.165) is 0 Å². The number of methoxy groups -OCH3 is 1. The lowest BCUT2D eigenvalue weighted by molar-refractivity contribution is -0.137. The first-order valence-electron chi connectivity index (χ1n) is 9.97. The molecular weight excluding hydrogens is 505 g/mol. The van der Waals surface area contributed by atoms with Gasteiger partial charge in [0.1, 0.15) is 17.4 Å². The molecule has 1 N–H and O–H groups in total. The number of aromatic nitrogens is 1. The number of rotatable bonds is 5. The molecule has 1 fully saturated rings. The van der Waals surface area contributed by atoms with E-state index < -0.39 is 17.9 Å². The molecule has 33 heavy (non-hydrogen) atoms. The molecule has 0 spiro atoms. The van der Waals surface area contributed by atoms with Crippen LogP contribution in [0.15, 0.2) is 29.3 Å². The minimum atomic E-state index is -4.54. The monoisotopic (exact) mass is 529 g/mol. The molecule has 0 radical (unpaired) electrons. The number of thiazole rings is 1. The predicted molar refractivity (Wildman–Crippen MR) is 127 cm³/mol. The SMILES string of the molecule is COCCC1CN(C2=Nc3ccccc3Nc3sc(C(F)(F)F)nc32)CCN1CCF.Cl.Cl. The standard InChI is InChI=1S/C20H23F4N5OS.2ClH/c1-30-11-6-13-12-29(10-9-28(13)8-7-21)17-16-18(31-19(27-16)20(22,23)24)26-15-5-3-2-4-14(15)25-17;;/h2-5,13,26H,6-12H2,1H3;2*1H. The Balaban J connectivity index is 0.00000193. The summed E-state index contributed by atoms with van der Waals surface area (Å²) in [6.45, 7) is 1.98. The third kappa shape index (κ3) is 6.07. The Labute approximate surface area is 205 Å². The summed E-state index contributed by atoms with van der Waals surface area (Å²) in [7, 11) is 1.61. The number of nitrogens with zero attached hydrogens (tertiary/aromatic N) is 4. The van der Waals surface area contributed by atoms with Crippen LogP contribution in [0.1, 0.15) is 17.1 Å². The molecule has 0 amide bonds. The van der Waals surface area contributed by atoms with E-state index in [0.29, 0.717) is 72.8 Å². The molecule has 2 aromatic rings. The molecule has 1 atom stereocenters. The van der Waals surface area contributed by atoms with Crippen molar-refractivity contribution in [2.45, 2.75) is 18.6 Å². The van der Waals surface area contributed by atoms with Gasteiger partial charge in [0.2, 0.25) is 5.01 Å². The number of hydrogen-bond donors (Lipinski definition) is 1. The van der Waals surface area contributed by atoms with Crippen LogP contribution >= 0.6 is 36.2 Å². The van der Waals surface area contributed by atoms with E-state index >= 15 is 0 Å². The van der Waals surface area contributed by atoms with Crippen molar-refractivity contribution in [2.24, 2.45) is 4.99 Å². The zero-order valence-corrected chi connectivity index (χ0v) is 20.2. The van der Waals surface area contributed by atoms with E-state index in [1.165, 1.54) is 0 Å². The van der Waals surface area contributed by atoms with Gasteiger partial charge in [-0.15, -0.1) is 24.8 Å². The predicted octanol–water partition coefficient (Wildman–Crippen LogP) is 5.13. The van der Waals surface area contributed by atoms with Crippen molar-refractivity contribution in [3.8, 4) is 0 Å². The molecule has 184 valence electrons. The fourth-order valence-corrected chi connectivity index (χ4v) is 4.72. The highest BCUT2D eigenvalue weighted by Crippen LogP contribution is 2.42. The lowest BCUT2D eigenvalue weighted by Gasteiger charge is -2.42. The van der Waals surface area contributed by atoms with Crippen LogP contribution in [0.2, 0.25) is 0 Å². The van der Waals surface area contributed by atoms with Gasteiger partial charge in [-0.05, 0) is 18.6 Å². The van der Waals surface area contributed by atoms with Gasteiger partial charge in [-0.25, -0.2) is 14.4 Å². The molecule has 0 saturated carbocycles. The number of alkyl halides is 4. The third-order valence-corrected chi connectivity index (χ3v) is 6.41. The number of benzene rings is 1. The van der Waals surface area contributed by atoms with Crippen LogP contribution in [-0.4, -0.2) is 73.2 Å². The van der Waals surface area contributed by atoms with Gasteiger partial charge in [0.25, 0.3) is 0 Å². The molecule has 1 aromatic heterocycles. The third-order valence-electron chi connectivity index (χ3n) is 5.39. The number of fused-ring (bicyclic) bond motifs is 2. The highest BCUT2D eigenvalue weighted by molar-refractivity contribution is 7.16. The fraction of sp³-hybridized carbons (Fsp3) is 0.500. The van der Waals surface area contributed by atoms with E-state index in [9.17, 15) is 17.6 Å². The van der Waals surface area contributed by atoms with Crippen molar-refractivity contribution in [3.63, 3.8) is 0 Å². The van der Waals surface area contributed by atoms with Gasteiger partial charge in [0.15, 0.2) is 5.84 Å². The zero-order chi connectivity index (χ0) is 22.0. The molecule has 1 aromatic carbocycles. The average molecular weight is 530 g/mol. The number of anilines is 2. The smallest absolute Gasteiger partial charge is 0.385 e. The number of amidine groups is 1. The molecule has 0 aliphatic carbocycles. The van der Waals surface area contributed by atoms with Gasteiger partial charge >= 0.3 is 6.18 Å². The first-order chi connectivity index (χ1) is 14.9. The van der Waals surface area contributed by atoms with E-state index in [1.807, 2.05) is 17.0 Å². The second-order valence-corrected chi connectivity index (χ2v) is 8.38. The van der Waals surface area contributed by atoms with Gasteiger partial charge in [0, 0.05) is 45.9 Å². The number of hydrogen-bond acceptors (Lipinski definition) is 7. The average Bonchev–Trinajstić information content (AvgIpc) is 3.10. The van der Waals surface area contributed by atoms with Crippen molar-refractivity contribution in [1.82, 2.24) is 14.8 Å². The molecule has 2 aliphatic heterocycles. The second kappa shape index (κ2) is 11.7. The summed E-state index contributed by atoms with van der Waals surface area (Å²) in [5.74, 6) is 0.404. The second-order valence-electron chi connectivity index (χ2n) is 7.38. The molecular formula is C20H25Cl2F4N5OS. The highest BCUT2D eigenvalue weighted by Gasteiger charge is 2.39. The Morgan fingerprint density at radius 2 is 1.97 bits per heavy atom. The molecule has 13 heteroatoms. The summed E-state index contributed by atoms with van der Waals surface area (Å²) in [5.41, 5.74) is 1.46. The van der Waals surface area contributed by atoms with Crippen molar-refractivity contribution in [1.29, 1.82) is 0 Å². The van der Waals surface area contributed by atoms with E-state index in [-0.39, 0.29) is 36.5 Å². The number of piperazine rings is 1. The normalized spacial score (nSPS) is 18.2. The molecule has 2 aliphatic rings. The summed E-state index contributed by atoms with van der Waals surface area (Å²) in [6, 6.07) is 7.22. The first-order valence-corrected chi connectivity index (χ1v) is 10.8. The summed E-state index contributed by atoms with van der Waals surface area (Å²) in [5, 5.41) is 2.48. The van der Waals surface area contributed by atoms with E-state index in [2.05, 4.69) is 15.2 Å². The molecule has 4 rings (SSSR count). The molecule has 0 bridgehead atoms. The van der Waals surface area contributed by atoms with Crippen LogP contribution < -0.4 is 5.32 Å². The van der Waals surface area contributed by atoms with E-state index in [1.54, 1.807) is 19.2 Å². The van der Waals surface area contributed by atoms with Crippen LogP contribution in [0.4, 0.5) is 33.9 Å². The van der Waals surface area contributed by atoms with Crippen LogP contribution in [0, 0.1) is 0 Å². The maximum Gasteiger partial charge on any atom is 0.443 e. The Hall–Kier alpha value is -1.66. The van der Waals surface area contributed by atoms with Crippen molar-refractivity contribution < 1.29 is 22.3 Å². The zero-order valence-electron chi connectivity index (χ0n) is 17.8. The number of para-hydroxylation sites is 2. The minimum absolute atomic E-state index is 0. The van der Waals surface area contributed by atoms with Gasteiger partial charge < -0.3 is 15.0 Å². The summed E-state index contributed by atoms with van der Waals surface area (Å²) in [4.78, 5) is 12.7. The first kappa shape index (κ1) is 27.6. The summed E-state index contributed by atoms with van der Waals surface area (Å²) < 4.78 is 58.4. The van der Waals surface area contributed by atoms with Crippen LogP contribution in [-0.2, 0) is 10.9 Å². The minimum Gasteiger partial charge on any atom is -0.385 e. The lowest BCUT2D eigenvalue weighted by atomic mass is 10.1. The highest BCUT2D eigenvalue weighted by atomic mass is 35.5. The lowest BCUT2D eigenvalue weighted by Crippen LogP contribution is -2.55. The Morgan fingerprint density at radius 1 is 1.21 bits per heavy atom. The quantitative estimate of drug-likeness (QED) is 0.544. The van der Waals surface area contributed by atoms with Crippen LogP contribution in [0.25, 0.3) is 0 Å². The molecule has 1 saturated heterocycles. The van der Waals surface area contributed by atoms with Crippen molar-refractivity contribution in [2.75, 3.05) is 51.9 Å². The van der Waals surface area contributed by atoms with E-state index in [4.69, 9.17) is 9.73 Å². The van der Waals surface area contributed by atoms with Gasteiger partial charge in [-0.3, -0.25) is 4.90 Å². The van der Waals surface area contributed by atoms with Crippen LogP contribution in [0.3, 0.4) is 0 Å². The molecule has 1 unspecified atom stereocenters. The molecule has 6 nitrogen and oxygen atoms in total. The number of ether oxygens (including phenoxy) is 1. The van der Waals surface area contributed by atoms with Gasteiger partial charge in [0.05, 0.1) is 11.4 Å². The topological polar surface area (TPSA) is 53.0 Å². The number of halogens is 6. The number of nitrogens with one attached hydrogen (secondary N) is 1. The Morgan fingerprint density at radius 3 is 2.67 bits per heavy atom. The van der Waals surface area contributed by atoms with Crippen molar-refractivity contribution in [3.05, 3.63) is 35.0 Å². The molecule has 3 heterocycles. The number of aliphatic imine (C=N–C) groups is 1. The maximum absolute atomic E-state index is 13.4. The van der Waals surface area contributed by atoms with Gasteiger partial charge in [-0.2, -0.15) is 13.2 Å². The summed E-state index contributed by atoms with van der Waals surface area (Å²) in [6.07, 6.45) is -3.85. The Bertz CT molecular complexity index is 959. The largest absolute Gasteiger partial charge is 0.443 e. The summed E-state index contributed by atoms with van der Waals surface area (Å²) >= 11 is 0.576. The maximum atomic E-state index is 13.4. The van der Waals surface area contributed by atoms with Crippen LogP contribution in [0.5, 0.6) is 0 Å². The van der Waals surface area contributed by atoms with Crippen molar-refractivity contribution >= 4 is 58.4 Å². The van der Waals surface area contributed by atoms with Gasteiger partial charge in [-0.1, -0.05) is 23.5 Å². The Kier molecular flexibility index (Phi) is 9.74. The fourth-order valence-electron chi connectivity index (χ4n) is 3.88.